The SMILES string of the molecule is NC1CC=C(C(=O)O)CC1. The largest absolute Gasteiger partial charge is 0.478 e. The van der Waals surface area contributed by atoms with Gasteiger partial charge in [0.2, 0.25) is 0 Å². The van der Waals surface area contributed by atoms with Crippen LogP contribution in [0.5, 0.6) is 0 Å². The molecular weight excluding hydrogens is 130 g/mol. The highest BCUT2D eigenvalue weighted by Crippen LogP contribution is 2.16. The number of carboxylic acids is 1. The second-order valence-electron chi connectivity index (χ2n) is 2.57. The van der Waals surface area contributed by atoms with Crippen LogP contribution in [0.4, 0.5) is 0 Å². The highest BCUT2D eigenvalue weighted by molar-refractivity contribution is 5.86. The number of hydrogen-bond acceptors (Lipinski definition) is 2. The van der Waals surface area contributed by atoms with E-state index in [9.17, 15) is 4.79 Å². The van der Waals surface area contributed by atoms with Gasteiger partial charge in [0.1, 0.15) is 0 Å². The number of carbonyl (C=O) groups is 1. The third kappa shape index (κ3) is 1.57. The van der Waals surface area contributed by atoms with Crippen LogP contribution in [-0.4, -0.2) is 17.1 Å². The number of rotatable bonds is 1. The lowest BCUT2D eigenvalue weighted by atomic mass is 9.96. The average Bonchev–Trinajstić information content (AvgIpc) is 1.88. The van der Waals surface area contributed by atoms with Crippen LogP contribution in [0.25, 0.3) is 0 Å². The molecule has 0 aromatic carbocycles. The van der Waals surface area contributed by atoms with E-state index >= 15 is 0 Å². The summed E-state index contributed by atoms with van der Waals surface area (Å²) in [6.45, 7) is 0. The van der Waals surface area contributed by atoms with Gasteiger partial charge in [-0.1, -0.05) is 6.08 Å². The molecule has 0 radical (unpaired) electrons. The molecule has 1 aliphatic carbocycles. The van der Waals surface area contributed by atoms with Gasteiger partial charge in [-0.15, -0.1) is 0 Å². The van der Waals surface area contributed by atoms with E-state index < -0.39 is 5.97 Å². The van der Waals surface area contributed by atoms with E-state index in [0.717, 1.165) is 6.42 Å². The molecule has 0 fully saturated rings. The third-order valence-corrected chi connectivity index (χ3v) is 1.73. The van der Waals surface area contributed by atoms with Crippen molar-refractivity contribution in [2.45, 2.75) is 25.3 Å². The van der Waals surface area contributed by atoms with E-state index in [1.807, 2.05) is 0 Å². The number of carboxylic acid groups (broad SMARTS) is 1. The molecule has 0 heterocycles. The van der Waals surface area contributed by atoms with Crippen LogP contribution in [0.2, 0.25) is 0 Å². The summed E-state index contributed by atoms with van der Waals surface area (Å²) >= 11 is 0. The fraction of sp³-hybridized carbons (Fsp3) is 0.571. The maximum Gasteiger partial charge on any atom is 0.331 e. The minimum atomic E-state index is -0.799. The summed E-state index contributed by atoms with van der Waals surface area (Å²) in [6.07, 6.45) is 3.85. The number of hydrogen-bond donors (Lipinski definition) is 2. The van der Waals surface area contributed by atoms with Gasteiger partial charge < -0.3 is 10.8 Å². The standard InChI is InChI=1S/C7H11NO2/c8-6-3-1-5(2-4-6)7(9)10/h1,6H,2-4,8H2,(H,9,10). The Labute approximate surface area is 59.5 Å². The fourth-order valence-electron chi connectivity index (χ4n) is 1.05. The normalized spacial score (nSPS) is 25.7. The maximum absolute atomic E-state index is 10.4. The van der Waals surface area contributed by atoms with Crippen molar-refractivity contribution in [2.75, 3.05) is 0 Å². The first-order chi connectivity index (χ1) is 4.70. The summed E-state index contributed by atoms with van der Waals surface area (Å²) in [4.78, 5) is 10.4. The first-order valence-electron chi connectivity index (χ1n) is 3.38. The molecule has 3 heteroatoms. The van der Waals surface area contributed by atoms with E-state index in [-0.39, 0.29) is 6.04 Å². The lowest BCUT2D eigenvalue weighted by Gasteiger charge is -2.14. The molecule has 0 aromatic rings. The molecule has 0 amide bonds. The summed E-state index contributed by atoms with van der Waals surface area (Å²) in [6, 6.07) is 0.170. The first-order valence-corrected chi connectivity index (χ1v) is 3.38. The topological polar surface area (TPSA) is 63.3 Å². The molecule has 3 nitrogen and oxygen atoms in total. The first kappa shape index (κ1) is 7.28. The Morgan fingerprint density at radius 2 is 2.50 bits per heavy atom. The van der Waals surface area contributed by atoms with E-state index in [1.54, 1.807) is 6.08 Å². The molecule has 56 valence electrons. The predicted molar refractivity (Wildman–Crippen MR) is 37.5 cm³/mol. The smallest absolute Gasteiger partial charge is 0.331 e. The molecule has 0 bridgehead atoms. The van der Waals surface area contributed by atoms with Gasteiger partial charge in [-0.25, -0.2) is 4.79 Å². The Morgan fingerprint density at radius 3 is 2.90 bits per heavy atom. The van der Waals surface area contributed by atoms with Gasteiger partial charge in [0.25, 0.3) is 0 Å². The summed E-state index contributed by atoms with van der Waals surface area (Å²) in [5.41, 5.74) is 6.08. The van der Waals surface area contributed by atoms with Gasteiger partial charge in [0.05, 0.1) is 0 Å². The lowest BCUT2D eigenvalue weighted by Crippen LogP contribution is -2.23. The molecule has 1 aliphatic rings. The Bertz CT molecular complexity index is 174. The molecule has 1 rings (SSSR count). The van der Waals surface area contributed by atoms with Crippen molar-refractivity contribution in [2.24, 2.45) is 5.73 Å². The average molecular weight is 141 g/mol. The van der Waals surface area contributed by atoms with Crippen LogP contribution in [0.15, 0.2) is 11.6 Å². The van der Waals surface area contributed by atoms with Crippen LogP contribution < -0.4 is 5.73 Å². The molecule has 0 aliphatic heterocycles. The highest BCUT2D eigenvalue weighted by atomic mass is 16.4. The Balaban J connectivity index is 2.56. The minimum Gasteiger partial charge on any atom is -0.478 e. The van der Waals surface area contributed by atoms with Crippen molar-refractivity contribution >= 4 is 5.97 Å². The Kier molecular flexibility index (Phi) is 2.06. The molecule has 0 saturated heterocycles. The molecule has 1 unspecified atom stereocenters. The van der Waals surface area contributed by atoms with E-state index in [2.05, 4.69) is 0 Å². The van der Waals surface area contributed by atoms with Crippen LogP contribution >= 0.6 is 0 Å². The minimum absolute atomic E-state index is 0.170. The molecule has 0 saturated carbocycles. The van der Waals surface area contributed by atoms with E-state index in [1.165, 1.54) is 0 Å². The monoisotopic (exact) mass is 141 g/mol. The summed E-state index contributed by atoms with van der Waals surface area (Å²) < 4.78 is 0. The van der Waals surface area contributed by atoms with Crippen LogP contribution in [0.1, 0.15) is 19.3 Å². The predicted octanol–water partition coefficient (Wildman–Crippen LogP) is 0.509. The van der Waals surface area contributed by atoms with Gasteiger partial charge >= 0.3 is 5.97 Å². The van der Waals surface area contributed by atoms with Crippen molar-refractivity contribution in [3.8, 4) is 0 Å². The van der Waals surface area contributed by atoms with Gasteiger partial charge in [-0.3, -0.25) is 0 Å². The molecule has 0 aromatic heterocycles. The van der Waals surface area contributed by atoms with Crippen molar-refractivity contribution in [1.82, 2.24) is 0 Å². The van der Waals surface area contributed by atoms with E-state index in [0.29, 0.717) is 18.4 Å². The van der Waals surface area contributed by atoms with Crippen molar-refractivity contribution in [1.29, 1.82) is 0 Å². The van der Waals surface area contributed by atoms with Gasteiger partial charge in [0, 0.05) is 11.6 Å². The zero-order valence-corrected chi connectivity index (χ0v) is 5.71. The quantitative estimate of drug-likeness (QED) is 0.559. The van der Waals surface area contributed by atoms with Crippen LogP contribution in [0.3, 0.4) is 0 Å². The van der Waals surface area contributed by atoms with Crippen molar-refractivity contribution < 1.29 is 9.90 Å². The summed E-state index contributed by atoms with van der Waals surface area (Å²) in [7, 11) is 0. The van der Waals surface area contributed by atoms with Gasteiger partial charge in [-0.2, -0.15) is 0 Å². The van der Waals surface area contributed by atoms with Crippen molar-refractivity contribution in [3.63, 3.8) is 0 Å². The highest BCUT2D eigenvalue weighted by Gasteiger charge is 2.14. The van der Waals surface area contributed by atoms with Crippen LogP contribution in [-0.2, 0) is 4.79 Å². The third-order valence-electron chi connectivity index (χ3n) is 1.73. The molecular formula is C7H11NO2. The van der Waals surface area contributed by atoms with Crippen LogP contribution in [0, 0.1) is 0 Å². The zero-order valence-electron chi connectivity index (χ0n) is 5.71. The zero-order chi connectivity index (χ0) is 7.56. The summed E-state index contributed by atoms with van der Waals surface area (Å²) in [5.74, 6) is -0.799. The van der Waals surface area contributed by atoms with E-state index in [4.69, 9.17) is 10.8 Å². The Hall–Kier alpha value is -0.830. The fourth-order valence-corrected chi connectivity index (χ4v) is 1.05. The Morgan fingerprint density at radius 1 is 1.80 bits per heavy atom. The maximum atomic E-state index is 10.4. The molecule has 0 spiro atoms. The second kappa shape index (κ2) is 2.84. The molecule has 3 N–H and O–H groups in total. The number of nitrogens with two attached hydrogens (primary N) is 1. The van der Waals surface area contributed by atoms with Gasteiger partial charge in [0.15, 0.2) is 0 Å². The van der Waals surface area contributed by atoms with Gasteiger partial charge in [-0.05, 0) is 19.3 Å². The molecule has 1 atom stereocenters. The molecule has 10 heavy (non-hydrogen) atoms. The summed E-state index contributed by atoms with van der Waals surface area (Å²) in [5, 5.41) is 8.52. The second-order valence-corrected chi connectivity index (χ2v) is 2.57. The van der Waals surface area contributed by atoms with Crippen molar-refractivity contribution in [3.05, 3.63) is 11.6 Å². The number of aliphatic carboxylic acids is 1. The lowest BCUT2D eigenvalue weighted by molar-refractivity contribution is -0.132.